The molecule has 92 valence electrons. The first-order valence-corrected chi connectivity index (χ1v) is 5.96. The van der Waals surface area contributed by atoms with Crippen molar-refractivity contribution in [3.8, 4) is 11.3 Å². The van der Waals surface area contributed by atoms with Crippen LogP contribution in [0, 0.1) is 0 Å². The lowest BCUT2D eigenvalue weighted by Gasteiger charge is -1.94. The van der Waals surface area contributed by atoms with Crippen LogP contribution in [0.5, 0.6) is 0 Å². The quantitative estimate of drug-likeness (QED) is 0.666. The topological polar surface area (TPSA) is 43.1 Å². The highest BCUT2D eigenvalue weighted by atomic mass is 16.5. The van der Waals surface area contributed by atoms with Crippen molar-refractivity contribution >= 4 is 5.78 Å². The second-order valence-electron chi connectivity index (χ2n) is 4.14. The van der Waals surface area contributed by atoms with Gasteiger partial charge in [-0.1, -0.05) is 65.8 Å². The van der Waals surface area contributed by atoms with Crippen molar-refractivity contribution in [2.45, 2.75) is 0 Å². The molecule has 0 aliphatic rings. The second-order valence-corrected chi connectivity index (χ2v) is 4.14. The number of rotatable bonds is 3. The molecule has 3 aromatic rings. The molecule has 0 saturated carbocycles. The van der Waals surface area contributed by atoms with Crippen LogP contribution in [0.15, 0.2) is 71.3 Å². The van der Waals surface area contributed by atoms with Crippen molar-refractivity contribution in [2.75, 3.05) is 0 Å². The Kier molecular flexibility index (Phi) is 2.94. The van der Waals surface area contributed by atoms with Crippen LogP contribution in [-0.4, -0.2) is 10.9 Å². The Hall–Kier alpha value is -2.68. The molecule has 0 N–H and O–H groups in total. The van der Waals surface area contributed by atoms with Gasteiger partial charge in [0.1, 0.15) is 5.69 Å². The largest absolute Gasteiger partial charge is 0.352 e. The van der Waals surface area contributed by atoms with Gasteiger partial charge in [0.15, 0.2) is 0 Å². The molecule has 1 heterocycles. The molecular weight excluding hydrogens is 238 g/mol. The Bertz CT molecular complexity index is 687. The fraction of sp³-hybridized carbons (Fsp3) is 0. The van der Waals surface area contributed by atoms with Gasteiger partial charge in [-0.15, -0.1) is 0 Å². The number of carbonyl (C=O) groups excluding carboxylic acids is 1. The van der Waals surface area contributed by atoms with Gasteiger partial charge in [-0.05, 0) is 0 Å². The first-order valence-electron chi connectivity index (χ1n) is 5.96. The molecule has 0 spiro atoms. The Morgan fingerprint density at radius 2 is 1.53 bits per heavy atom. The van der Waals surface area contributed by atoms with Crippen LogP contribution >= 0.6 is 0 Å². The van der Waals surface area contributed by atoms with E-state index in [1.54, 1.807) is 18.2 Å². The first-order chi connectivity index (χ1) is 9.34. The Morgan fingerprint density at radius 3 is 2.21 bits per heavy atom. The molecule has 0 aliphatic carbocycles. The molecule has 3 rings (SSSR count). The monoisotopic (exact) mass is 249 g/mol. The Balaban J connectivity index is 1.92. The van der Waals surface area contributed by atoms with Gasteiger partial charge in [0.05, 0.1) is 0 Å². The number of hydrogen-bond donors (Lipinski definition) is 0. The summed E-state index contributed by atoms with van der Waals surface area (Å²) < 4.78 is 5.14. The second kappa shape index (κ2) is 4.90. The lowest BCUT2D eigenvalue weighted by Crippen LogP contribution is -1.98. The van der Waals surface area contributed by atoms with E-state index in [9.17, 15) is 4.79 Å². The average Bonchev–Trinajstić information content (AvgIpc) is 2.98. The normalized spacial score (nSPS) is 10.3. The van der Waals surface area contributed by atoms with Crippen molar-refractivity contribution in [1.29, 1.82) is 0 Å². The van der Waals surface area contributed by atoms with Gasteiger partial charge in [-0.2, -0.15) is 0 Å². The molecule has 0 saturated heterocycles. The van der Waals surface area contributed by atoms with E-state index in [1.165, 1.54) is 0 Å². The summed E-state index contributed by atoms with van der Waals surface area (Å²) in [4.78, 5) is 12.2. The minimum atomic E-state index is -0.157. The SMILES string of the molecule is O=C(c1ccccc1)c1cc(-c2ccccc2)no1. The summed E-state index contributed by atoms with van der Waals surface area (Å²) in [5.41, 5.74) is 2.19. The van der Waals surface area contributed by atoms with E-state index in [1.807, 2.05) is 48.5 Å². The third kappa shape index (κ3) is 2.31. The first kappa shape index (κ1) is 11.4. The van der Waals surface area contributed by atoms with E-state index in [0.29, 0.717) is 11.3 Å². The van der Waals surface area contributed by atoms with Gasteiger partial charge in [0.2, 0.25) is 11.5 Å². The van der Waals surface area contributed by atoms with E-state index in [4.69, 9.17) is 4.52 Å². The molecule has 0 aliphatic heterocycles. The summed E-state index contributed by atoms with van der Waals surface area (Å²) in [7, 11) is 0. The molecular formula is C16H11NO2. The van der Waals surface area contributed by atoms with Crippen LogP contribution in [0.25, 0.3) is 11.3 Å². The molecule has 0 atom stereocenters. The molecule has 2 aromatic carbocycles. The fourth-order valence-corrected chi connectivity index (χ4v) is 1.86. The molecule has 3 nitrogen and oxygen atoms in total. The maximum atomic E-state index is 12.2. The summed E-state index contributed by atoms with van der Waals surface area (Å²) in [6.07, 6.45) is 0. The van der Waals surface area contributed by atoms with Crippen molar-refractivity contribution < 1.29 is 9.32 Å². The Labute approximate surface area is 110 Å². The van der Waals surface area contributed by atoms with Crippen LogP contribution in [0.3, 0.4) is 0 Å². The number of carbonyl (C=O) groups is 1. The Morgan fingerprint density at radius 1 is 0.895 bits per heavy atom. The highest BCUT2D eigenvalue weighted by molar-refractivity contribution is 6.07. The maximum Gasteiger partial charge on any atom is 0.231 e. The number of nitrogens with zero attached hydrogens (tertiary/aromatic N) is 1. The molecule has 19 heavy (non-hydrogen) atoms. The minimum Gasteiger partial charge on any atom is -0.352 e. The van der Waals surface area contributed by atoms with Gasteiger partial charge in [-0.3, -0.25) is 4.79 Å². The summed E-state index contributed by atoms with van der Waals surface area (Å²) in [6.45, 7) is 0. The molecule has 0 fully saturated rings. The number of hydrogen-bond acceptors (Lipinski definition) is 3. The van der Waals surface area contributed by atoms with Crippen molar-refractivity contribution in [1.82, 2.24) is 5.16 Å². The van der Waals surface area contributed by atoms with Gasteiger partial charge in [0.25, 0.3) is 0 Å². The van der Waals surface area contributed by atoms with E-state index in [-0.39, 0.29) is 11.5 Å². The molecule has 0 unspecified atom stereocenters. The third-order valence-electron chi connectivity index (χ3n) is 2.84. The highest BCUT2D eigenvalue weighted by Crippen LogP contribution is 2.20. The van der Waals surface area contributed by atoms with Crippen LogP contribution < -0.4 is 0 Å². The zero-order valence-corrected chi connectivity index (χ0v) is 10.1. The number of aromatic nitrogens is 1. The number of benzene rings is 2. The summed E-state index contributed by atoms with van der Waals surface area (Å²) in [5.74, 6) is 0.0975. The van der Waals surface area contributed by atoms with Gasteiger partial charge >= 0.3 is 0 Å². The zero-order chi connectivity index (χ0) is 13.1. The lowest BCUT2D eigenvalue weighted by atomic mass is 10.1. The maximum absolute atomic E-state index is 12.2. The summed E-state index contributed by atoms with van der Waals surface area (Å²) in [5, 5.41) is 3.94. The highest BCUT2D eigenvalue weighted by Gasteiger charge is 2.15. The van der Waals surface area contributed by atoms with Crippen LogP contribution in [0.2, 0.25) is 0 Å². The zero-order valence-electron chi connectivity index (χ0n) is 10.1. The minimum absolute atomic E-state index is 0.157. The molecule has 1 aromatic heterocycles. The fourth-order valence-electron chi connectivity index (χ4n) is 1.86. The van der Waals surface area contributed by atoms with Gasteiger partial charge in [-0.25, -0.2) is 0 Å². The average molecular weight is 249 g/mol. The van der Waals surface area contributed by atoms with Crippen LogP contribution in [-0.2, 0) is 0 Å². The van der Waals surface area contributed by atoms with Crippen molar-refractivity contribution in [2.24, 2.45) is 0 Å². The van der Waals surface area contributed by atoms with E-state index < -0.39 is 0 Å². The van der Waals surface area contributed by atoms with E-state index in [2.05, 4.69) is 5.16 Å². The standard InChI is InChI=1S/C16H11NO2/c18-16(13-9-5-2-6-10-13)15-11-14(17-19-15)12-7-3-1-4-8-12/h1-11H. The lowest BCUT2D eigenvalue weighted by molar-refractivity contribution is 0.100. The van der Waals surface area contributed by atoms with E-state index in [0.717, 1.165) is 5.56 Å². The van der Waals surface area contributed by atoms with Crippen LogP contribution in [0.1, 0.15) is 16.1 Å². The number of ketones is 1. The summed E-state index contributed by atoms with van der Waals surface area (Å²) >= 11 is 0. The molecule has 0 bridgehead atoms. The van der Waals surface area contributed by atoms with Crippen molar-refractivity contribution in [3.05, 3.63) is 78.1 Å². The third-order valence-corrected chi connectivity index (χ3v) is 2.84. The van der Waals surface area contributed by atoms with Gasteiger partial charge < -0.3 is 4.52 Å². The molecule has 0 amide bonds. The van der Waals surface area contributed by atoms with Crippen molar-refractivity contribution in [3.63, 3.8) is 0 Å². The van der Waals surface area contributed by atoms with Gasteiger partial charge in [0, 0.05) is 17.2 Å². The molecule has 0 radical (unpaired) electrons. The van der Waals surface area contributed by atoms with E-state index >= 15 is 0 Å². The predicted octanol–water partition coefficient (Wildman–Crippen LogP) is 3.57. The molecule has 3 heteroatoms. The van der Waals surface area contributed by atoms with Crippen LogP contribution in [0.4, 0.5) is 0 Å². The predicted molar refractivity (Wildman–Crippen MR) is 71.8 cm³/mol. The summed E-state index contributed by atoms with van der Waals surface area (Å²) in [6, 6.07) is 20.3. The smallest absolute Gasteiger partial charge is 0.231 e.